The van der Waals surface area contributed by atoms with Crippen molar-refractivity contribution in [3.05, 3.63) is 24.3 Å². The molecular weight excluding hydrogens is 186 g/mol. The lowest BCUT2D eigenvalue weighted by molar-refractivity contribution is 0.752. The van der Waals surface area contributed by atoms with E-state index in [9.17, 15) is 0 Å². The molecule has 1 aromatic carbocycles. The zero-order valence-corrected chi connectivity index (χ0v) is 9.24. The van der Waals surface area contributed by atoms with Crippen molar-refractivity contribution in [1.29, 1.82) is 0 Å². The number of nitrogens with two attached hydrogens (primary N) is 1. The highest BCUT2D eigenvalue weighted by atomic mass is 15.2. The minimum Gasteiger partial charge on any atom is -0.385 e. The van der Waals surface area contributed by atoms with Crippen molar-refractivity contribution in [2.45, 2.75) is 19.4 Å². The van der Waals surface area contributed by atoms with Gasteiger partial charge in [0.2, 0.25) is 0 Å². The van der Waals surface area contributed by atoms with E-state index in [1.807, 2.05) is 0 Å². The lowest BCUT2D eigenvalue weighted by Crippen LogP contribution is -2.26. The number of hydrogen-bond donors (Lipinski definition) is 2. The van der Waals surface area contributed by atoms with Crippen LogP contribution in [0.25, 0.3) is 0 Å². The molecule has 0 bridgehead atoms. The second kappa shape index (κ2) is 4.53. The Morgan fingerprint density at radius 1 is 1.40 bits per heavy atom. The highest BCUT2D eigenvalue weighted by molar-refractivity contribution is 5.55. The van der Waals surface area contributed by atoms with Gasteiger partial charge in [0.05, 0.1) is 0 Å². The van der Waals surface area contributed by atoms with Crippen molar-refractivity contribution in [2.75, 3.05) is 29.9 Å². The number of rotatable bonds is 3. The van der Waals surface area contributed by atoms with Crippen LogP contribution in [0.2, 0.25) is 0 Å². The van der Waals surface area contributed by atoms with Gasteiger partial charge in [-0.1, -0.05) is 0 Å². The van der Waals surface area contributed by atoms with E-state index in [0.29, 0.717) is 6.04 Å². The highest BCUT2D eigenvalue weighted by Crippen LogP contribution is 2.21. The quantitative estimate of drug-likeness (QED) is 0.788. The maximum Gasteiger partial charge on any atom is 0.0368 e. The first-order chi connectivity index (χ1) is 7.29. The van der Waals surface area contributed by atoms with Crippen LogP contribution in [0, 0.1) is 0 Å². The van der Waals surface area contributed by atoms with E-state index in [4.69, 9.17) is 5.73 Å². The van der Waals surface area contributed by atoms with E-state index in [2.05, 4.69) is 41.4 Å². The maximum absolute atomic E-state index is 5.89. The molecule has 0 unspecified atom stereocenters. The summed E-state index contributed by atoms with van der Waals surface area (Å²) in [7, 11) is 0. The van der Waals surface area contributed by atoms with Gasteiger partial charge in [0, 0.05) is 37.1 Å². The van der Waals surface area contributed by atoms with Gasteiger partial charge in [-0.3, -0.25) is 0 Å². The highest BCUT2D eigenvalue weighted by Gasteiger charge is 2.18. The molecule has 82 valence electrons. The minimum atomic E-state index is 0.346. The molecule has 0 aliphatic carbocycles. The van der Waals surface area contributed by atoms with Crippen LogP contribution < -0.4 is 16.0 Å². The third-order valence-corrected chi connectivity index (χ3v) is 2.84. The molecule has 1 aromatic rings. The van der Waals surface area contributed by atoms with Crippen molar-refractivity contribution < 1.29 is 0 Å². The Hall–Kier alpha value is -1.22. The van der Waals surface area contributed by atoms with Gasteiger partial charge < -0.3 is 16.0 Å². The third kappa shape index (κ3) is 2.42. The first kappa shape index (κ1) is 10.3. The molecule has 15 heavy (non-hydrogen) atoms. The van der Waals surface area contributed by atoms with Crippen molar-refractivity contribution in [1.82, 2.24) is 0 Å². The van der Waals surface area contributed by atoms with Gasteiger partial charge >= 0.3 is 0 Å². The summed E-state index contributed by atoms with van der Waals surface area (Å²) in [5.41, 5.74) is 8.35. The van der Waals surface area contributed by atoms with Gasteiger partial charge in [0.1, 0.15) is 0 Å². The number of anilines is 2. The van der Waals surface area contributed by atoms with Crippen LogP contribution in [0.15, 0.2) is 24.3 Å². The predicted molar refractivity (Wildman–Crippen MR) is 65.4 cm³/mol. The fourth-order valence-electron chi connectivity index (χ4n) is 2.02. The third-order valence-electron chi connectivity index (χ3n) is 2.84. The van der Waals surface area contributed by atoms with E-state index in [1.165, 1.54) is 11.4 Å². The van der Waals surface area contributed by atoms with Gasteiger partial charge in [0.15, 0.2) is 0 Å². The molecule has 2 rings (SSSR count). The molecule has 3 nitrogen and oxygen atoms in total. The second-order valence-corrected chi connectivity index (χ2v) is 4.07. The minimum absolute atomic E-state index is 0.346. The molecule has 3 heteroatoms. The zero-order valence-electron chi connectivity index (χ0n) is 9.24. The number of benzene rings is 1. The Labute approximate surface area is 91.3 Å². The summed E-state index contributed by atoms with van der Waals surface area (Å²) in [4.78, 5) is 2.35. The molecule has 1 saturated heterocycles. The van der Waals surface area contributed by atoms with E-state index in [-0.39, 0.29) is 0 Å². The van der Waals surface area contributed by atoms with Crippen molar-refractivity contribution in [3.8, 4) is 0 Å². The fraction of sp³-hybridized carbons (Fsp3) is 0.500. The summed E-state index contributed by atoms with van der Waals surface area (Å²) in [6, 6.07) is 8.93. The molecule has 0 saturated carbocycles. The lowest BCUT2D eigenvalue weighted by Gasteiger charge is -2.18. The molecule has 0 amide bonds. The molecule has 0 aromatic heterocycles. The first-order valence-electron chi connectivity index (χ1n) is 5.64. The molecule has 1 atom stereocenters. The summed E-state index contributed by atoms with van der Waals surface area (Å²) >= 11 is 0. The molecule has 0 spiro atoms. The Balaban J connectivity index is 2.03. The second-order valence-electron chi connectivity index (χ2n) is 4.07. The van der Waals surface area contributed by atoms with E-state index in [0.717, 1.165) is 26.1 Å². The number of nitrogens with zero attached hydrogens (tertiary/aromatic N) is 1. The summed E-state index contributed by atoms with van der Waals surface area (Å²) in [5, 5.41) is 3.29. The SMILES string of the molecule is CCNc1ccc(N2CC[C@H](N)C2)cc1. The van der Waals surface area contributed by atoms with Crippen LogP contribution >= 0.6 is 0 Å². The maximum atomic E-state index is 5.89. The lowest BCUT2D eigenvalue weighted by atomic mass is 10.2. The van der Waals surface area contributed by atoms with Crippen LogP contribution in [-0.2, 0) is 0 Å². The fourth-order valence-corrected chi connectivity index (χ4v) is 2.02. The van der Waals surface area contributed by atoms with E-state index < -0.39 is 0 Å². The van der Waals surface area contributed by atoms with Crippen molar-refractivity contribution >= 4 is 11.4 Å². The van der Waals surface area contributed by atoms with Gasteiger partial charge in [0.25, 0.3) is 0 Å². The average molecular weight is 205 g/mol. The average Bonchev–Trinajstić information content (AvgIpc) is 2.67. The summed E-state index contributed by atoms with van der Waals surface area (Å²) < 4.78 is 0. The van der Waals surface area contributed by atoms with Crippen molar-refractivity contribution in [2.24, 2.45) is 5.73 Å². The Kier molecular flexibility index (Phi) is 3.11. The standard InChI is InChI=1S/C12H19N3/c1-2-14-11-3-5-12(6-4-11)15-8-7-10(13)9-15/h3-6,10,14H,2,7-9,13H2,1H3/t10-/m0/s1. The topological polar surface area (TPSA) is 41.3 Å². The van der Waals surface area contributed by atoms with Crippen LogP contribution in [0.5, 0.6) is 0 Å². The van der Waals surface area contributed by atoms with Crippen LogP contribution in [0.3, 0.4) is 0 Å². The zero-order chi connectivity index (χ0) is 10.7. The molecular formula is C12H19N3. The first-order valence-corrected chi connectivity index (χ1v) is 5.64. The molecule has 1 fully saturated rings. The number of nitrogens with one attached hydrogen (secondary N) is 1. The summed E-state index contributed by atoms with van der Waals surface area (Å²) in [5.74, 6) is 0. The van der Waals surface area contributed by atoms with Crippen LogP contribution in [0.4, 0.5) is 11.4 Å². The molecule has 1 heterocycles. The monoisotopic (exact) mass is 205 g/mol. The van der Waals surface area contributed by atoms with Gasteiger partial charge in [-0.05, 0) is 37.6 Å². The molecule has 1 aliphatic rings. The van der Waals surface area contributed by atoms with E-state index >= 15 is 0 Å². The van der Waals surface area contributed by atoms with E-state index in [1.54, 1.807) is 0 Å². The van der Waals surface area contributed by atoms with Crippen LogP contribution in [-0.4, -0.2) is 25.7 Å². The number of hydrogen-bond acceptors (Lipinski definition) is 3. The van der Waals surface area contributed by atoms with Crippen LogP contribution in [0.1, 0.15) is 13.3 Å². The Bertz CT molecular complexity index is 307. The summed E-state index contributed by atoms with van der Waals surface area (Å²) in [6.07, 6.45) is 1.11. The largest absolute Gasteiger partial charge is 0.385 e. The Morgan fingerprint density at radius 2 is 2.13 bits per heavy atom. The normalized spacial score (nSPS) is 20.7. The van der Waals surface area contributed by atoms with Gasteiger partial charge in [-0.15, -0.1) is 0 Å². The van der Waals surface area contributed by atoms with Gasteiger partial charge in [-0.2, -0.15) is 0 Å². The van der Waals surface area contributed by atoms with Crippen molar-refractivity contribution in [3.63, 3.8) is 0 Å². The van der Waals surface area contributed by atoms with Gasteiger partial charge in [-0.25, -0.2) is 0 Å². The summed E-state index contributed by atoms with van der Waals surface area (Å²) in [6.45, 7) is 5.14. The molecule has 0 radical (unpaired) electrons. The molecule has 3 N–H and O–H groups in total. The molecule has 1 aliphatic heterocycles. The smallest absolute Gasteiger partial charge is 0.0368 e. The predicted octanol–water partition coefficient (Wildman–Crippen LogP) is 1.66. The Morgan fingerprint density at radius 3 is 2.67 bits per heavy atom.